The Morgan fingerprint density at radius 1 is 1.08 bits per heavy atom. The fourth-order valence-corrected chi connectivity index (χ4v) is 2.71. The Balaban J connectivity index is 1.66. The van der Waals surface area contributed by atoms with Crippen molar-refractivity contribution in [2.75, 3.05) is 0 Å². The fraction of sp³-hybridized carbons (Fsp3) is 0.235. The quantitative estimate of drug-likeness (QED) is 0.761. The van der Waals surface area contributed by atoms with Crippen LogP contribution in [0.4, 0.5) is 4.79 Å². The highest BCUT2D eigenvalue weighted by atomic mass is 35.5. The van der Waals surface area contributed by atoms with Gasteiger partial charge in [0.2, 0.25) is 0 Å². The van der Waals surface area contributed by atoms with Crippen molar-refractivity contribution in [1.82, 2.24) is 25.2 Å². The molecule has 0 aliphatic carbocycles. The Bertz CT molecular complexity index is 863. The molecule has 0 fully saturated rings. The van der Waals surface area contributed by atoms with E-state index in [-0.39, 0.29) is 18.1 Å². The largest absolute Gasteiger partial charge is 0.332 e. The van der Waals surface area contributed by atoms with Gasteiger partial charge in [0.05, 0.1) is 12.1 Å². The van der Waals surface area contributed by atoms with Crippen LogP contribution in [0.15, 0.2) is 48.7 Å². The van der Waals surface area contributed by atoms with Crippen molar-refractivity contribution in [3.05, 3.63) is 65.1 Å². The molecular formula is C17H18ClN5O. The van der Waals surface area contributed by atoms with Gasteiger partial charge in [-0.15, -0.1) is 10.2 Å². The molecule has 2 amide bonds. The lowest BCUT2D eigenvalue weighted by molar-refractivity contribution is 0.234. The lowest BCUT2D eigenvalue weighted by atomic mass is 10.1. The van der Waals surface area contributed by atoms with Gasteiger partial charge in [-0.25, -0.2) is 4.79 Å². The third-order valence-electron chi connectivity index (χ3n) is 3.77. The Labute approximate surface area is 144 Å². The summed E-state index contributed by atoms with van der Waals surface area (Å²) >= 11 is 5.99. The minimum atomic E-state index is -0.283. The zero-order valence-corrected chi connectivity index (χ0v) is 14.2. The smallest absolute Gasteiger partial charge is 0.315 e. The summed E-state index contributed by atoms with van der Waals surface area (Å²) in [7, 11) is 0. The SMILES string of the molecule is CC(NC(=O)NC(C)c1nnc2ccccn12)c1cccc(Cl)c1. The van der Waals surface area contributed by atoms with Gasteiger partial charge in [-0.3, -0.25) is 4.40 Å². The molecule has 7 heteroatoms. The van der Waals surface area contributed by atoms with Gasteiger partial charge < -0.3 is 10.6 Å². The Hall–Kier alpha value is -2.60. The summed E-state index contributed by atoms with van der Waals surface area (Å²) in [6, 6.07) is 12.4. The summed E-state index contributed by atoms with van der Waals surface area (Å²) in [5.41, 5.74) is 1.69. The highest BCUT2D eigenvalue weighted by molar-refractivity contribution is 6.30. The maximum Gasteiger partial charge on any atom is 0.315 e. The van der Waals surface area contributed by atoms with Crippen molar-refractivity contribution in [3.8, 4) is 0 Å². The summed E-state index contributed by atoms with van der Waals surface area (Å²) < 4.78 is 1.85. The molecule has 6 nitrogen and oxygen atoms in total. The number of carbonyl (C=O) groups is 1. The van der Waals surface area contributed by atoms with Gasteiger partial charge in [-0.05, 0) is 43.7 Å². The first kappa shape index (κ1) is 16.3. The zero-order chi connectivity index (χ0) is 17.1. The van der Waals surface area contributed by atoms with E-state index in [4.69, 9.17) is 11.6 Å². The minimum Gasteiger partial charge on any atom is -0.332 e. The number of nitrogens with zero attached hydrogens (tertiary/aromatic N) is 3. The van der Waals surface area contributed by atoms with Crippen molar-refractivity contribution < 1.29 is 4.79 Å². The Morgan fingerprint density at radius 2 is 1.88 bits per heavy atom. The third kappa shape index (κ3) is 3.49. The number of rotatable bonds is 4. The van der Waals surface area contributed by atoms with Gasteiger partial charge in [0.25, 0.3) is 0 Å². The number of aromatic nitrogens is 3. The van der Waals surface area contributed by atoms with Crippen molar-refractivity contribution in [1.29, 1.82) is 0 Å². The molecule has 24 heavy (non-hydrogen) atoms. The summed E-state index contributed by atoms with van der Waals surface area (Å²) in [4.78, 5) is 12.2. The fourth-order valence-electron chi connectivity index (χ4n) is 2.51. The number of nitrogens with one attached hydrogen (secondary N) is 2. The predicted molar refractivity (Wildman–Crippen MR) is 92.9 cm³/mol. The van der Waals surface area contributed by atoms with Gasteiger partial charge >= 0.3 is 6.03 Å². The number of fused-ring (bicyclic) bond motifs is 1. The van der Waals surface area contributed by atoms with E-state index in [1.165, 1.54) is 0 Å². The molecule has 0 saturated carbocycles. The molecule has 124 valence electrons. The van der Waals surface area contributed by atoms with Crippen molar-refractivity contribution in [3.63, 3.8) is 0 Å². The summed E-state index contributed by atoms with van der Waals surface area (Å²) in [6.07, 6.45) is 1.87. The van der Waals surface area contributed by atoms with Gasteiger partial charge in [0, 0.05) is 11.2 Å². The van der Waals surface area contributed by atoms with Crippen LogP contribution < -0.4 is 10.6 Å². The molecule has 0 spiro atoms. The normalized spacial score (nSPS) is 13.5. The zero-order valence-electron chi connectivity index (χ0n) is 13.4. The molecule has 0 aliphatic heterocycles. The first-order valence-corrected chi connectivity index (χ1v) is 8.04. The number of halogens is 1. The molecule has 2 atom stereocenters. The second kappa shape index (κ2) is 6.88. The molecule has 3 rings (SSSR count). The number of hydrogen-bond acceptors (Lipinski definition) is 3. The summed E-state index contributed by atoms with van der Waals surface area (Å²) in [6.45, 7) is 3.77. The molecule has 1 aromatic carbocycles. The highest BCUT2D eigenvalue weighted by Crippen LogP contribution is 2.17. The third-order valence-corrected chi connectivity index (χ3v) is 4.01. The van der Waals surface area contributed by atoms with Gasteiger partial charge in [-0.1, -0.05) is 29.8 Å². The molecular weight excluding hydrogens is 326 g/mol. The first-order chi connectivity index (χ1) is 11.5. The molecule has 2 N–H and O–H groups in total. The van der Waals surface area contributed by atoms with E-state index in [9.17, 15) is 4.79 Å². The standard InChI is InChI=1S/C17H18ClN5O/c1-11(13-6-5-7-14(18)10-13)19-17(24)20-12(2)16-22-21-15-8-3-4-9-23(15)16/h3-12H,1-2H3,(H2,19,20,24). The monoisotopic (exact) mass is 343 g/mol. The van der Waals surface area contributed by atoms with Crippen LogP contribution in [-0.2, 0) is 0 Å². The maximum absolute atomic E-state index is 12.2. The molecule has 2 heterocycles. The average Bonchev–Trinajstić information content (AvgIpc) is 2.98. The molecule has 0 saturated heterocycles. The van der Waals surface area contributed by atoms with E-state index in [0.29, 0.717) is 10.8 Å². The maximum atomic E-state index is 12.2. The lowest BCUT2D eigenvalue weighted by Gasteiger charge is -2.18. The number of benzene rings is 1. The van der Waals surface area contributed by atoms with E-state index < -0.39 is 0 Å². The molecule has 2 aromatic heterocycles. The van der Waals surface area contributed by atoms with Crippen LogP contribution in [0.3, 0.4) is 0 Å². The Morgan fingerprint density at radius 3 is 2.67 bits per heavy atom. The van der Waals surface area contributed by atoms with Crippen LogP contribution in [0.25, 0.3) is 5.65 Å². The summed E-state index contributed by atoms with van der Waals surface area (Å²) in [5.74, 6) is 0.677. The van der Waals surface area contributed by atoms with Crippen LogP contribution in [0.1, 0.15) is 37.3 Å². The number of carbonyl (C=O) groups excluding carboxylic acids is 1. The number of urea groups is 1. The second-order valence-corrected chi connectivity index (χ2v) is 6.04. The van der Waals surface area contributed by atoms with E-state index in [2.05, 4.69) is 20.8 Å². The lowest BCUT2D eigenvalue weighted by Crippen LogP contribution is -2.38. The van der Waals surface area contributed by atoms with Gasteiger partial charge in [-0.2, -0.15) is 0 Å². The Kier molecular flexibility index (Phi) is 4.66. The van der Waals surface area contributed by atoms with Crippen molar-refractivity contribution in [2.24, 2.45) is 0 Å². The topological polar surface area (TPSA) is 71.3 Å². The van der Waals surface area contributed by atoms with Crippen LogP contribution >= 0.6 is 11.6 Å². The summed E-state index contributed by atoms with van der Waals surface area (Å²) in [5, 5.41) is 14.7. The second-order valence-electron chi connectivity index (χ2n) is 5.60. The minimum absolute atomic E-state index is 0.161. The molecule has 3 aromatic rings. The molecule has 0 bridgehead atoms. The molecule has 2 unspecified atom stereocenters. The molecule has 0 radical (unpaired) electrons. The van der Waals surface area contributed by atoms with Crippen LogP contribution in [0, 0.1) is 0 Å². The van der Waals surface area contributed by atoms with E-state index in [1.54, 1.807) is 6.07 Å². The first-order valence-electron chi connectivity index (χ1n) is 7.67. The van der Waals surface area contributed by atoms with Crippen LogP contribution in [0.2, 0.25) is 5.02 Å². The van der Waals surface area contributed by atoms with Crippen LogP contribution in [0.5, 0.6) is 0 Å². The van der Waals surface area contributed by atoms with Crippen molar-refractivity contribution >= 4 is 23.3 Å². The highest BCUT2D eigenvalue weighted by Gasteiger charge is 2.17. The number of hydrogen-bond donors (Lipinski definition) is 2. The van der Waals surface area contributed by atoms with E-state index >= 15 is 0 Å². The number of pyridine rings is 1. The predicted octanol–water partition coefficient (Wildman–Crippen LogP) is 3.50. The van der Waals surface area contributed by atoms with Crippen LogP contribution in [-0.4, -0.2) is 20.6 Å². The van der Waals surface area contributed by atoms with Gasteiger partial charge in [0.15, 0.2) is 11.5 Å². The average molecular weight is 344 g/mol. The molecule has 0 aliphatic rings. The van der Waals surface area contributed by atoms with E-state index in [1.807, 2.05) is 60.8 Å². The van der Waals surface area contributed by atoms with Crippen molar-refractivity contribution in [2.45, 2.75) is 25.9 Å². The van der Waals surface area contributed by atoms with E-state index in [0.717, 1.165) is 11.2 Å². The van der Waals surface area contributed by atoms with Gasteiger partial charge in [0.1, 0.15) is 0 Å². The number of amides is 2.